The standard InChI is InChI=1S/C26H27NO6/c1-4-32-26(29)24-22(18-11-10-17(30-2)14-20(18)31-3)23-19(28)12-16(13-21(23)33-25(24)27)15-8-6-5-7-9-15/h5-11,14,16,22H,4,12-13,27H2,1-3H3/t16-,22+/m1/s1. The van der Waals surface area contributed by atoms with Crippen molar-refractivity contribution in [3.8, 4) is 11.5 Å². The number of Topliss-reactive ketones (excluding diaryl/α,β-unsaturated/α-hetero) is 1. The van der Waals surface area contributed by atoms with Crippen molar-refractivity contribution in [2.45, 2.75) is 31.6 Å². The lowest BCUT2D eigenvalue weighted by Crippen LogP contribution is -2.33. The van der Waals surface area contributed by atoms with E-state index in [4.69, 9.17) is 24.7 Å². The molecule has 0 radical (unpaired) electrons. The number of allylic oxidation sites excluding steroid dienone is 2. The highest BCUT2D eigenvalue weighted by molar-refractivity contribution is 6.04. The normalized spacial score (nSPS) is 20.2. The molecule has 4 rings (SSSR count). The topological polar surface area (TPSA) is 97.1 Å². The van der Waals surface area contributed by atoms with Crippen LogP contribution in [0.4, 0.5) is 0 Å². The van der Waals surface area contributed by atoms with Gasteiger partial charge in [0.05, 0.1) is 26.7 Å². The first-order valence-electron chi connectivity index (χ1n) is 10.9. The molecular formula is C26H27NO6. The highest BCUT2D eigenvalue weighted by Crippen LogP contribution is 2.49. The van der Waals surface area contributed by atoms with Crippen LogP contribution in [0.2, 0.25) is 0 Å². The zero-order chi connectivity index (χ0) is 23.5. The number of esters is 1. The van der Waals surface area contributed by atoms with Gasteiger partial charge in [-0.2, -0.15) is 0 Å². The number of hydrogen-bond donors (Lipinski definition) is 1. The fourth-order valence-corrected chi connectivity index (χ4v) is 4.54. The van der Waals surface area contributed by atoms with Gasteiger partial charge in [-0.25, -0.2) is 4.79 Å². The molecule has 0 unspecified atom stereocenters. The van der Waals surface area contributed by atoms with Crippen molar-refractivity contribution in [3.05, 3.63) is 82.4 Å². The Bertz CT molecular complexity index is 1130. The molecule has 2 N–H and O–H groups in total. The number of carbonyl (C=O) groups excluding carboxylic acids is 2. The maximum atomic E-state index is 13.5. The number of rotatable bonds is 6. The summed E-state index contributed by atoms with van der Waals surface area (Å²) in [5.41, 5.74) is 8.46. The SMILES string of the molecule is CCOC(=O)C1=C(N)OC2=C(C(=O)C[C@@H](c3ccccc3)C2)[C@@H]1c1ccc(OC)cc1OC. The van der Waals surface area contributed by atoms with Crippen LogP contribution >= 0.6 is 0 Å². The summed E-state index contributed by atoms with van der Waals surface area (Å²) in [6.07, 6.45) is 0.800. The molecule has 0 spiro atoms. The zero-order valence-corrected chi connectivity index (χ0v) is 18.9. The van der Waals surface area contributed by atoms with Gasteiger partial charge in [0, 0.05) is 30.0 Å². The molecule has 7 heteroatoms. The Hall–Kier alpha value is -3.74. The summed E-state index contributed by atoms with van der Waals surface area (Å²) in [7, 11) is 3.08. The molecule has 1 heterocycles. The summed E-state index contributed by atoms with van der Waals surface area (Å²) in [6, 6.07) is 15.1. The van der Waals surface area contributed by atoms with Gasteiger partial charge in [0.15, 0.2) is 5.78 Å². The zero-order valence-electron chi connectivity index (χ0n) is 18.9. The van der Waals surface area contributed by atoms with E-state index in [1.807, 2.05) is 30.3 Å². The van der Waals surface area contributed by atoms with Gasteiger partial charge in [-0.3, -0.25) is 4.79 Å². The van der Waals surface area contributed by atoms with Gasteiger partial charge < -0.3 is 24.7 Å². The van der Waals surface area contributed by atoms with E-state index in [0.717, 1.165) is 5.56 Å². The van der Waals surface area contributed by atoms with E-state index in [1.54, 1.807) is 32.2 Å². The third kappa shape index (κ3) is 4.18. The van der Waals surface area contributed by atoms with Gasteiger partial charge >= 0.3 is 5.97 Å². The summed E-state index contributed by atoms with van der Waals surface area (Å²) in [5, 5.41) is 0. The monoisotopic (exact) mass is 449 g/mol. The minimum absolute atomic E-state index is 0.0344. The first kappa shape index (κ1) is 22.5. The maximum Gasteiger partial charge on any atom is 0.340 e. The van der Waals surface area contributed by atoms with Crippen molar-refractivity contribution in [1.82, 2.24) is 0 Å². The van der Waals surface area contributed by atoms with Crippen LogP contribution in [0.1, 0.15) is 42.7 Å². The molecule has 33 heavy (non-hydrogen) atoms. The first-order valence-corrected chi connectivity index (χ1v) is 10.9. The quantitative estimate of drug-likeness (QED) is 0.667. The van der Waals surface area contributed by atoms with E-state index in [-0.39, 0.29) is 29.8 Å². The average molecular weight is 450 g/mol. The van der Waals surface area contributed by atoms with Gasteiger partial charge in [-0.15, -0.1) is 0 Å². The van der Waals surface area contributed by atoms with Crippen molar-refractivity contribution in [3.63, 3.8) is 0 Å². The van der Waals surface area contributed by atoms with Gasteiger partial charge in [-0.05, 0) is 24.5 Å². The van der Waals surface area contributed by atoms with Crippen molar-refractivity contribution < 1.29 is 28.5 Å². The van der Waals surface area contributed by atoms with Crippen LogP contribution in [0, 0.1) is 0 Å². The second-order valence-corrected chi connectivity index (χ2v) is 7.92. The molecule has 2 aliphatic rings. The van der Waals surface area contributed by atoms with E-state index >= 15 is 0 Å². The number of carbonyl (C=O) groups is 2. The third-order valence-corrected chi connectivity index (χ3v) is 6.06. The predicted molar refractivity (Wildman–Crippen MR) is 122 cm³/mol. The number of benzene rings is 2. The Morgan fingerprint density at radius 3 is 2.52 bits per heavy atom. The van der Waals surface area contributed by atoms with Crippen LogP contribution in [0.25, 0.3) is 0 Å². The Morgan fingerprint density at radius 1 is 1.09 bits per heavy atom. The number of ketones is 1. The van der Waals surface area contributed by atoms with Crippen LogP contribution in [-0.2, 0) is 19.1 Å². The van der Waals surface area contributed by atoms with Crippen LogP contribution in [0.3, 0.4) is 0 Å². The van der Waals surface area contributed by atoms with Gasteiger partial charge in [-0.1, -0.05) is 36.4 Å². The van der Waals surface area contributed by atoms with Crippen LogP contribution in [0.15, 0.2) is 71.3 Å². The number of methoxy groups -OCH3 is 2. The summed E-state index contributed by atoms with van der Waals surface area (Å²) in [4.78, 5) is 26.5. The Labute approximate surface area is 192 Å². The van der Waals surface area contributed by atoms with E-state index in [0.29, 0.717) is 41.2 Å². The molecule has 1 aliphatic carbocycles. The van der Waals surface area contributed by atoms with Crippen molar-refractivity contribution in [2.75, 3.05) is 20.8 Å². The van der Waals surface area contributed by atoms with Crippen molar-refractivity contribution in [2.24, 2.45) is 5.73 Å². The highest BCUT2D eigenvalue weighted by atomic mass is 16.5. The molecule has 0 fully saturated rings. The van der Waals surface area contributed by atoms with Crippen LogP contribution in [0.5, 0.6) is 11.5 Å². The summed E-state index contributed by atoms with van der Waals surface area (Å²) in [6.45, 7) is 1.88. The molecule has 1 aliphatic heterocycles. The smallest absolute Gasteiger partial charge is 0.340 e. The number of ether oxygens (including phenoxy) is 4. The van der Waals surface area contributed by atoms with Gasteiger partial charge in [0.2, 0.25) is 5.88 Å². The van der Waals surface area contributed by atoms with Crippen LogP contribution < -0.4 is 15.2 Å². The number of nitrogens with two attached hydrogens (primary N) is 1. The summed E-state index contributed by atoms with van der Waals surface area (Å²) >= 11 is 0. The maximum absolute atomic E-state index is 13.5. The molecule has 7 nitrogen and oxygen atoms in total. The van der Waals surface area contributed by atoms with E-state index in [2.05, 4.69) is 0 Å². The molecule has 0 amide bonds. The van der Waals surface area contributed by atoms with Crippen LogP contribution in [-0.4, -0.2) is 32.6 Å². The molecule has 2 aromatic rings. The Kier molecular flexibility index (Phi) is 6.40. The lowest BCUT2D eigenvalue weighted by atomic mass is 9.73. The molecule has 0 bridgehead atoms. The second kappa shape index (κ2) is 9.40. The summed E-state index contributed by atoms with van der Waals surface area (Å²) in [5.74, 6) is -0.0354. The predicted octanol–water partition coefficient (Wildman–Crippen LogP) is 3.95. The number of hydrogen-bond acceptors (Lipinski definition) is 7. The Morgan fingerprint density at radius 2 is 1.85 bits per heavy atom. The minimum atomic E-state index is -0.766. The van der Waals surface area contributed by atoms with E-state index < -0.39 is 11.9 Å². The fourth-order valence-electron chi connectivity index (χ4n) is 4.54. The van der Waals surface area contributed by atoms with Gasteiger partial charge in [0.25, 0.3) is 0 Å². The molecule has 172 valence electrons. The third-order valence-electron chi connectivity index (χ3n) is 6.06. The molecule has 2 aromatic carbocycles. The van der Waals surface area contributed by atoms with E-state index in [1.165, 1.54) is 7.11 Å². The average Bonchev–Trinajstić information content (AvgIpc) is 2.83. The molecular weight excluding hydrogens is 422 g/mol. The van der Waals surface area contributed by atoms with Crippen molar-refractivity contribution >= 4 is 11.8 Å². The Balaban J connectivity index is 1.85. The molecule has 2 atom stereocenters. The molecule has 0 aromatic heterocycles. The van der Waals surface area contributed by atoms with Crippen molar-refractivity contribution in [1.29, 1.82) is 0 Å². The fraction of sp³-hybridized carbons (Fsp3) is 0.308. The largest absolute Gasteiger partial charge is 0.497 e. The summed E-state index contributed by atoms with van der Waals surface area (Å²) < 4.78 is 22.1. The lowest BCUT2D eigenvalue weighted by Gasteiger charge is -2.35. The molecule has 0 saturated heterocycles. The highest BCUT2D eigenvalue weighted by Gasteiger charge is 2.44. The lowest BCUT2D eigenvalue weighted by molar-refractivity contribution is -0.139. The minimum Gasteiger partial charge on any atom is -0.497 e. The first-order chi connectivity index (χ1) is 16.0. The van der Waals surface area contributed by atoms with Gasteiger partial charge in [0.1, 0.15) is 22.8 Å². The molecule has 0 saturated carbocycles. The second-order valence-electron chi connectivity index (χ2n) is 7.92. The van der Waals surface area contributed by atoms with E-state index in [9.17, 15) is 9.59 Å².